The summed E-state index contributed by atoms with van der Waals surface area (Å²) < 4.78 is 5.18. The van der Waals surface area contributed by atoms with Gasteiger partial charge in [-0.1, -0.05) is 39.3 Å². The van der Waals surface area contributed by atoms with Gasteiger partial charge in [-0.2, -0.15) is 0 Å². The molecule has 0 spiro atoms. The number of allylic oxidation sites excluding steroid dienone is 1. The molecule has 38 heavy (non-hydrogen) atoms. The van der Waals surface area contributed by atoms with E-state index in [-0.39, 0.29) is 41.0 Å². The molecule has 0 radical (unpaired) electrons. The summed E-state index contributed by atoms with van der Waals surface area (Å²) in [6, 6.07) is 0. The molecule has 4 rings (SSSR count). The summed E-state index contributed by atoms with van der Waals surface area (Å²) in [6.45, 7) is 14.1. The lowest BCUT2D eigenvalue weighted by Gasteiger charge is -2.70. The highest BCUT2D eigenvalue weighted by molar-refractivity contribution is 5.78. The molecule has 214 valence electrons. The summed E-state index contributed by atoms with van der Waals surface area (Å²) in [5.41, 5.74) is -3.30. The smallest absolute Gasteiger partial charge is 0.311 e. The predicted octanol–water partition coefficient (Wildman–Crippen LogP) is 5.70. The molecule has 0 aromatic carbocycles. The number of fused-ring (bicyclic) bond motifs is 5. The van der Waals surface area contributed by atoms with Gasteiger partial charge < -0.3 is 20.1 Å². The van der Waals surface area contributed by atoms with Crippen LogP contribution in [0.5, 0.6) is 0 Å². The number of carboxylic acid groups (broad SMARTS) is 2. The Morgan fingerprint density at radius 1 is 1.03 bits per heavy atom. The number of aliphatic carboxylic acids is 2. The lowest BCUT2D eigenvalue weighted by Crippen LogP contribution is -2.67. The van der Waals surface area contributed by atoms with E-state index < -0.39 is 39.7 Å². The molecule has 0 aromatic heterocycles. The molecular weight excluding hydrogens is 484 g/mol. The molecule has 0 saturated heterocycles. The number of hydrogen-bond acceptors (Lipinski definition) is 5. The molecule has 0 heterocycles. The van der Waals surface area contributed by atoms with E-state index in [1.54, 1.807) is 0 Å². The fourth-order valence-corrected chi connectivity index (χ4v) is 10.4. The van der Waals surface area contributed by atoms with Gasteiger partial charge >= 0.3 is 17.9 Å². The first-order valence-electron chi connectivity index (χ1n) is 14.3. The predicted molar refractivity (Wildman–Crippen MR) is 143 cm³/mol. The maximum Gasteiger partial charge on any atom is 0.311 e. The van der Waals surface area contributed by atoms with Crippen molar-refractivity contribution in [2.45, 2.75) is 105 Å². The van der Waals surface area contributed by atoms with Crippen LogP contribution in [0.1, 0.15) is 99.8 Å². The molecule has 3 fully saturated rings. The maximum atomic E-state index is 12.9. The number of aliphatic hydroxyl groups is 1. The van der Waals surface area contributed by atoms with E-state index in [4.69, 9.17) is 4.74 Å². The van der Waals surface area contributed by atoms with Crippen LogP contribution >= 0.6 is 0 Å². The van der Waals surface area contributed by atoms with Gasteiger partial charge in [0.25, 0.3) is 0 Å². The third kappa shape index (κ3) is 3.59. The average molecular weight is 533 g/mol. The van der Waals surface area contributed by atoms with Gasteiger partial charge in [0.15, 0.2) is 0 Å². The van der Waals surface area contributed by atoms with Crippen molar-refractivity contribution in [3.05, 3.63) is 11.6 Å². The van der Waals surface area contributed by atoms with Crippen molar-refractivity contribution in [2.24, 2.45) is 50.7 Å². The van der Waals surface area contributed by atoms with Gasteiger partial charge in [-0.05, 0) is 99.7 Å². The molecule has 0 unspecified atom stereocenters. The molecular formula is C31H48O7. The Morgan fingerprint density at radius 3 is 2.21 bits per heavy atom. The lowest BCUT2D eigenvalue weighted by molar-refractivity contribution is -0.207. The summed E-state index contributed by atoms with van der Waals surface area (Å²) in [7, 11) is 1.38. The minimum Gasteiger partial charge on any atom is -0.481 e. The average Bonchev–Trinajstić information content (AvgIpc) is 2.80. The van der Waals surface area contributed by atoms with E-state index in [9.17, 15) is 29.7 Å². The zero-order chi connectivity index (χ0) is 28.7. The van der Waals surface area contributed by atoms with Crippen molar-refractivity contribution in [3.63, 3.8) is 0 Å². The summed E-state index contributed by atoms with van der Waals surface area (Å²) in [4.78, 5) is 38.1. The van der Waals surface area contributed by atoms with Crippen LogP contribution in [0, 0.1) is 50.7 Å². The molecule has 0 aliphatic heterocycles. The molecule has 3 saturated carbocycles. The van der Waals surface area contributed by atoms with Gasteiger partial charge in [0.2, 0.25) is 0 Å². The van der Waals surface area contributed by atoms with Crippen LogP contribution < -0.4 is 0 Å². The molecule has 4 aliphatic carbocycles. The van der Waals surface area contributed by atoms with Crippen molar-refractivity contribution in [3.8, 4) is 0 Å². The van der Waals surface area contributed by atoms with Crippen molar-refractivity contribution in [1.82, 2.24) is 0 Å². The Morgan fingerprint density at radius 2 is 1.66 bits per heavy atom. The number of carbonyl (C=O) groups is 3. The Hall–Kier alpha value is -1.89. The first-order chi connectivity index (χ1) is 17.4. The SMILES string of the molecule is COC(=O)C(C)(C)[C@@H]1CC[C@]2(C)[C@H](CC=C3[C@H]4[C@](C(=O)O)(CC[C@@H](C)[C@@]4(C)O)CC[C@]32C)[C@@]1(C)CC(=O)O. The monoisotopic (exact) mass is 532 g/mol. The Bertz CT molecular complexity index is 1060. The molecule has 7 nitrogen and oxygen atoms in total. The van der Waals surface area contributed by atoms with E-state index in [1.807, 2.05) is 34.6 Å². The molecule has 7 heteroatoms. The van der Waals surface area contributed by atoms with Gasteiger partial charge in [-0.25, -0.2) is 0 Å². The van der Waals surface area contributed by atoms with Crippen molar-refractivity contribution in [2.75, 3.05) is 7.11 Å². The Labute approximate surface area is 227 Å². The van der Waals surface area contributed by atoms with E-state index in [2.05, 4.69) is 19.9 Å². The van der Waals surface area contributed by atoms with Crippen LogP contribution in [-0.2, 0) is 19.1 Å². The zero-order valence-electron chi connectivity index (χ0n) is 24.5. The molecule has 0 amide bonds. The van der Waals surface area contributed by atoms with Gasteiger partial charge in [0.05, 0.1) is 30.0 Å². The highest BCUT2D eigenvalue weighted by Crippen LogP contribution is 2.75. The summed E-state index contributed by atoms with van der Waals surface area (Å²) >= 11 is 0. The second-order valence-corrected chi connectivity index (χ2v) is 14.6. The molecule has 0 bridgehead atoms. The summed E-state index contributed by atoms with van der Waals surface area (Å²) in [6.07, 6.45) is 6.65. The first kappa shape index (κ1) is 29.1. The van der Waals surface area contributed by atoms with Gasteiger partial charge in [-0.15, -0.1) is 0 Å². The summed E-state index contributed by atoms with van der Waals surface area (Å²) in [5.74, 6) is -2.73. The van der Waals surface area contributed by atoms with E-state index in [1.165, 1.54) is 7.11 Å². The number of esters is 1. The van der Waals surface area contributed by atoms with Crippen LogP contribution in [0.4, 0.5) is 0 Å². The second kappa shape index (κ2) is 8.81. The Balaban J connectivity index is 1.89. The number of carboxylic acids is 2. The van der Waals surface area contributed by atoms with E-state index in [0.717, 1.165) is 12.0 Å². The molecule has 4 aliphatic rings. The number of rotatable bonds is 5. The summed E-state index contributed by atoms with van der Waals surface area (Å²) in [5, 5.41) is 32.6. The third-order valence-corrected chi connectivity index (χ3v) is 12.9. The van der Waals surface area contributed by atoms with Gasteiger partial charge in [-0.3, -0.25) is 14.4 Å². The number of hydrogen-bond donors (Lipinski definition) is 3. The molecule has 0 aromatic rings. The van der Waals surface area contributed by atoms with Crippen LogP contribution in [-0.4, -0.2) is 45.9 Å². The Kier molecular flexibility index (Phi) is 6.74. The van der Waals surface area contributed by atoms with Crippen LogP contribution in [0.25, 0.3) is 0 Å². The normalized spacial score (nSPS) is 46.6. The standard InChI is InChI=1S/C31H48O7/c1-18-11-14-31(24(34)35)16-15-28(5)19(23(31)30(18,7)37)9-10-21-27(4,17-22(32)33)20(12-13-29(21,28)6)26(2,3)25(36)38-8/h9,18,20-21,23,37H,10-17H2,1-8H3,(H,32,33)(H,34,35)/t18-,20+,21-,23-,27+,28-,29-,30-,31+/m1/s1. The van der Waals surface area contributed by atoms with Crippen molar-refractivity contribution < 1.29 is 34.4 Å². The van der Waals surface area contributed by atoms with Crippen LogP contribution in [0.2, 0.25) is 0 Å². The first-order valence-corrected chi connectivity index (χ1v) is 14.3. The number of carbonyl (C=O) groups excluding carboxylic acids is 1. The minimum atomic E-state index is -1.15. The topological polar surface area (TPSA) is 121 Å². The highest BCUT2D eigenvalue weighted by Gasteiger charge is 2.71. The van der Waals surface area contributed by atoms with Crippen LogP contribution in [0.3, 0.4) is 0 Å². The van der Waals surface area contributed by atoms with Crippen molar-refractivity contribution in [1.29, 1.82) is 0 Å². The minimum absolute atomic E-state index is 0.0224. The zero-order valence-corrected chi connectivity index (χ0v) is 24.5. The number of methoxy groups -OCH3 is 1. The lowest BCUT2D eigenvalue weighted by atomic mass is 9.34. The third-order valence-electron chi connectivity index (χ3n) is 12.9. The number of ether oxygens (including phenoxy) is 1. The largest absolute Gasteiger partial charge is 0.481 e. The van der Waals surface area contributed by atoms with Crippen molar-refractivity contribution >= 4 is 17.9 Å². The fourth-order valence-electron chi connectivity index (χ4n) is 10.4. The quantitative estimate of drug-likeness (QED) is 0.307. The van der Waals surface area contributed by atoms with Gasteiger partial charge in [0, 0.05) is 5.92 Å². The van der Waals surface area contributed by atoms with E-state index in [0.29, 0.717) is 38.5 Å². The fraction of sp³-hybridized carbons (Fsp3) is 0.839. The highest BCUT2D eigenvalue weighted by atomic mass is 16.5. The van der Waals surface area contributed by atoms with Crippen LogP contribution in [0.15, 0.2) is 11.6 Å². The van der Waals surface area contributed by atoms with Gasteiger partial charge in [0.1, 0.15) is 0 Å². The van der Waals surface area contributed by atoms with E-state index >= 15 is 0 Å². The maximum absolute atomic E-state index is 12.9. The molecule has 3 N–H and O–H groups in total. The second-order valence-electron chi connectivity index (χ2n) is 14.6. The molecule has 9 atom stereocenters.